The number of rotatable bonds is 8. The number of carbonyl (C=O) groups excluding carboxylic acids is 1. The Morgan fingerprint density at radius 1 is 1.14 bits per heavy atom. The Bertz CT molecular complexity index is 1130. The summed E-state index contributed by atoms with van der Waals surface area (Å²) in [6, 6.07) is 11.9. The van der Waals surface area contributed by atoms with Crippen LogP contribution in [0.5, 0.6) is 0 Å². The molecule has 3 rings (SSSR count). The summed E-state index contributed by atoms with van der Waals surface area (Å²) in [4.78, 5) is 24.3. The number of pyridine rings is 1. The third-order valence-electron chi connectivity index (χ3n) is 4.34. The van der Waals surface area contributed by atoms with Crippen LogP contribution in [-0.2, 0) is 21.2 Å². The van der Waals surface area contributed by atoms with Gasteiger partial charge in [-0.15, -0.1) is 5.10 Å². The van der Waals surface area contributed by atoms with Crippen molar-refractivity contribution in [3.05, 3.63) is 64.7 Å². The van der Waals surface area contributed by atoms with Crippen molar-refractivity contribution in [3.63, 3.8) is 0 Å². The van der Waals surface area contributed by atoms with Crippen LogP contribution in [0.1, 0.15) is 18.4 Å². The fourth-order valence-electron chi connectivity index (χ4n) is 2.75. The quantitative estimate of drug-likeness (QED) is 0.570. The van der Waals surface area contributed by atoms with Crippen LogP contribution in [0.25, 0.3) is 5.65 Å². The van der Waals surface area contributed by atoms with Crippen LogP contribution in [0, 0.1) is 6.92 Å². The highest BCUT2D eigenvalue weighted by Gasteiger charge is 2.16. The predicted molar refractivity (Wildman–Crippen MR) is 105 cm³/mol. The van der Waals surface area contributed by atoms with E-state index in [4.69, 9.17) is 0 Å². The molecule has 0 spiro atoms. The zero-order chi connectivity index (χ0) is 20.1. The molecule has 8 nitrogen and oxygen atoms in total. The molecule has 0 saturated heterocycles. The van der Waals surface area contributed by atoms with Gasteiger partial charge in [0, 0.05) is 25.7 Å². The molecule has 3 aromatic rings. The maximum atomic E-state index is 12.3. The maximum Gasteiger partial charge on any atom is 0.350 e. The Morgan fingerprint density at radius 2 is 1.89 bits per heavy atom. The smallest absolute Gasteiger partial charge is 0.350 e. The van der Waals surface area contributed by atoms with Gasteiger partial charge in [-0.1, -0.05) is 23.8 Å². The molecule has 1 aromatic carbocycles. The van der Waals surface area contributed by atoms with Crippen molar-refractivity contribution in [1.82, 2.24) is 19.5 Å². The summed E-state index contributed by atoms with van der Waals surface area (Å²) < 4.78 is 27.3. The summed E-state index contributed by atoms with van der Waals surface area (Å²) in [6.45, 7) is 2.58. The van der Waals surface area contributed by atoms with Crippen molar-refractivity contribution in [1.29, 1.82) is 0 Å². The van der Waals surface area contributed by atoms with E-state index in [-0.39, 0.29) is 28.7 Å². The van der Waals surface area contributed by atoms with E-state index in [9.17, 15) is 18.0 Å². The van der Waals surface area contributed by atoms with Crippen LogP contribution in [-0.4, -0.2) is 40.8 Å². The van der Waals surface area contributed by atoms with Crippen molar-refractivity contribution in [2.45, 2.75) is 31.2 Å². The van der Waals surface area contributed by atoms with Crippen LogP contribution in [0.2, 0.25) is 0 Å². The molecule has 0 fully saturated rings. The maximum absolute atomic E-state index is 12.3. The molecule has 28 heavy (non-hydrogen) atoms. The van der Waals surface area contributed by atoms with Gasteiger partial charge < -0.3 is 5.32 Å². The number of sulfone groups is 1. The highest BCUT2D eigenvalue weighted by Crippen LogP contribution is 2.13. The minimum Gasteiger partial charge on any atom is -0.356 e. The van der Waals surface area contributed by atoms with E-state index in [1.807, 2.05) is 6.92 Å². The molecule has 9 heteroatoms. The first kappa shape index (κ1) is 19.8. The van der Waals surface area contributed by atoms with E-state index in [1.54, 1.807) is 48.7 Å². The van der Waals surface area contributed by atoms with Crippen molar-refractivity contribution in [3.8, 4) is 0 Å². The first-order valence-electron chi connectivity index (χ1n) is 8.97. The summed E-state index contributed by atoms with van der Waals surface area (Å²) in [6.07, 6.45) is 2.06. The van der Waals surface area contributed by atoms with E-state index in [0.717, 1.165) is 5.56 Å². The zero-order valence-corrected chi connectivity index (χ0v) is 16.4. The minimum absolute atomic E-state index is 0.107. The van der Waals surface area contributed by atoms with Gasteiger partial charge in [-0.05, 0) is 37.6 Å². The molecule has 1 amide bonds. The molecular weight excluding hydrogens is 380 g/mol. The highest BCUT2D eigenvalue weighted by atomic mass is 32.2. The van der Waals surface area contributed by atoms with Crippen molar-refractivity contribution in [2.75, 3.05) is 12.3 Å². The molecule has 0 aliphatic carbocycles. The van der Waals surface area contributed by atoms with E-state index in [0.29, 0.717) is 25.2 Å². The molecule has 148 valence electrons. The molecule has 0 bridgehead atoms. The van der Waals surface area contributed by atoms with Crippen molar-refractivity contribution >= 4 is 21.4 Å². The third-order valence-corrected chi connectivity index (χ3v) is 6.07. The monoisotopic (exact) mass is 402 g/mol. The zero-order valence-electron chi connectivity index (χ0n) is 15.5. The van der Waals surface area contributed by atoms with Crippen molar-refractivity contribution in [2.24, 2.45) is 0 Å². The van der Waals surface area contributed by atoms with Gasteiger partial charge >= 0.3 is 5.69 Å². The first-order valence-corrected chi connectivity index (χ1v) is 10.6. The number of hydrogen-bond acceptors (Lipinski definition) is 5. The lowest BCUT2D eigenvalue weighted by molar-refractivity contribution is -0.120. The second-order valence-electron chi connectivity index (χ2n) is 6.52. The lowest BCUT2D eigenvalue weighted by atomic mass is 10.2. The molecule has 2 heterocycles. The number of fused-ring (bicyclic) bond motifs is 1. The van der Waals surface area contributed by atoms with E-state index in [2.05, 4.69) is 10.4 Å². The van der Waals surface area contributed by atoms with Gasteiger partial charge in [0.15, 0.2) is 15.5 Å². The lowest BCUT2D eigenvalue weighted by Gasteiger charge is -2.06. The summed E-state index contributed by atoms with van der Waals surface area (Å²) in [5.74, 6) is -0.577. The SMILES string of the molecule is Cc1ccc(S(=O)(=O)CCC(=O)NCCCn2nc3ccccn3c2=O)cc1. The standard InChI is InChI=1S/C19H22N4O4S/c1-15-6-8-16(9-7-15)28(26,27)14-10-18(24)20-11-4-13-23-19(25)22-12-3-2-5-17(22)21-23/h2-3,5-9,12H,4,10-11,13-14H2,1H3,(H,20,24). The van der Waals surface area contributed by atoms with Gasteiger partial charge in [0.05, 0.1) is 10.6 Å². The number of carbonyl (C=O) groups is 1. The van der Waals surface area contributed by atoms with Gasteiger partial charge in [-0.25, -0.2) is 17.9 Å². The summed E-state index contributed by atoms with van der Waals surface area (Å²) >= 11 is 0. The van der Waals surface area contributed by atoms with Crippen LogP contribution < -0.4 is 11.0 Å². The molecule has 0 unspecified atom stereocenters. The van der Waals surface area contributed by atoms with Crippen molar-refractivity contribution < 1.29 is 13.2 Å². The van der Waals surface area contributed by atoms with E-state index >= 15 is 0 Å². The Labute approximate surface area is 162 Å². The number of aryl methyl sites for hydroxylation is 2. The summed E-state index contributed by atoms with van der Waals surface area (Å²) in [7, 11) is -3.49. The van der Waals surface area contributed by atoms with Gasteiger partial charge in [-0.3, -0.25) is 9.20 Å². The van der Waals surface area contributed by atoms with Gasteiger partial charge in [0.2, 0.25) is 5.91 Å². The highest BCUT2D eigenvalue weighted by molar-refractivity contribution is 7.91. The van der Waals surface area contributed by atoms with E-state index < -0.39 is 9.84 Å². The molecule has 2 aromatic heterocycles. The van der Waals surface area contributed by atoms with E-state index in [1.165, 1.54) is 9.08 Å². The molecule has 1 N–H and O–H groups in total. The number of nitrogens with one attached hydrogen (secondary N) is 1. The van der Waals surface area contributed by atoms with Gasteiger partial charge in [0.1, 0.15) is 0 Å². The number of benzene rings is 1. The van der Waals surface area contributed by atoms with Crippen LogP contribution in [0.15, 0.2) is 58.4 Å². The average Bonchev–Trinajstić information content (AvgIpc) is 3.00. The van der Waals surface area contributed by atoms with Crippen LogP contribution >= 0.6 is 0 Å². The van der Waals surface area contributed by atoms with Crippen LogP contribution in [0.3, 0.4) is 0 Å². The first-order chi connectivity index (χ1) is 13.4. The average molecular weight is 402 g/mol. The summed E-state index contributed by atoms with van der Waals surface area (Å²) in [5.41, 5.74) is 1.31. The van der Waals surface area contributed by atoms with Crippen LogP contribution in [0.4, 0.5) is 0 Å². The number of amides is 1. The fraction of sp³-hybridized carbons (Fsp3) is 0.316. The summed E-state index contributed by atoms with van der Waals surface area (Å²) in [5, 5.41) is 6.90. The number of hydrogen-bond donors (Lipinski definition) is 1. The molecule has 0 aliphatic rings. The van der Waals surface area contributed by atoms with Gasteiger partial charge in [-0.2, -0.15) is 0 Å². The number of aromatic nitrogens is 3. The minimum atomic E-state index is -3.49. The number of nitrogens with zero attached hydrogens (tertiary/aromatic N) is 3. The second kappa shape index (κ2) is 8.39. The molecule has 0 radical (unpaired) electrons. The Kier molecular flexibility index (Phi) is 5.93. The largest absolute Gasteiger partial charge is 0.356 e. The Balaban J connectivity index is 1.45. The third kappa shape index (κ3) is 4.66. The second-order valence-corrected chi connectivity index (χ2v) is 8.63. The molecular formula is C19H22N4O4S. The lowest BCUT2D eigenvalue weighted by Crippen LogP contribution is -2.28. The molecule has 0 aliphatic heterocycles. The van der Waals surface area contributed by atoms with Gasteiger partial charge in [0.25, 0.3) is 0 Å². The normalized spacial score (nSPS) is 11.6. The fourth-order valence-corrected chi connectivity index (χ4v) is 3.99. The topological polar surface area (TPSA) is 103 Å². The molecule has 0 saturated carbocycles. The predicted octanol–water partition coefficient (Wildman–Crippen LogP) is 1.17. The Hall–Kier alpha value is -2.94. The Morgan fingerprint density at radius 3 is 2.61 bits per heavy atom. The molecule has 0 atom stereocenters.